The number of alkyl halides is 3. The standard InChI is InChI=1S/C24H25BrF3N3O6S/c25-16-6-8-17(9-7-16)38(36,37)13-14-3-1-2-4-19(14)30-21(32)12-29-22(33)18-11-15(24(26,27)28)5-10-20(18)31-23(34)35/h5-11,14,19,31H,1-4,12-13H2,(H,29,33)(H,30,32)(H,34,35)/t14-,19-/m0/s1. The third-order valence-electron chi connectivity index (χ3n) is 6.10. The van der Waals surface area contributed by atoms with Crippen LogP contribution in [0.15, 0.2) is 51.8 Å². The average molecular weight is 620 g/mol. The van der Waals surface area contributed by atoms with E-state index in [1.54, 1.807) is 12.1 Å². The number of nitrogens with one attached hydrogen (secondary N) is 3. The maximum atomic E-state index is 13.1. The van der Waals surface area contributed by atoms with E-state index in [0.717, 1.165) is 23.4 Å². The van der Waals surface area contributed by atoms with Gasteiger partial charge in [-0.3, -0.25) is 14.9 Å². The van der Waals surface area contributed by atoms with Gasteiger partial charge in [0.2, 0.25) is 5.91 Å². The largest absolute Gasteiger partial charge is 0.465 e. The molecule has 0 radical (unpaired) electrons. The lowest BCUT2D eigenvalue weighted by Gasteiger charge is -2.32. The Morgan fingerprint density at radius 2 is 1.68 bits per heavy atom. The van der Waals surface area contributed by atoms with E-state index >= 15 is 0 Å². The lowest BCUT2D eigenvalue weighted by Crippen LogP contribution is -2.47. The Bertz CT molecular complexity index is 1300. The number of carbonyl (C=O) groups is 3. The molecular formula is C24H25BrF3N3O6S. The van der Waals surface area contributed by atoms with Gasteiger partial charge >= 0.3 is 12.3 Å². The van der Waals surface area contributed by atoms with Gasteiger partial charge in [0.15, 0.2) is 9.84 Å². The van der Waals surface area contributed by atoms with E-state index in [-0.39, 0.29) is 22.3 Å². The zero-order valence-electron chi connectivity index (χ0n) is 19.8. The Morgan fingerprint density at radius 1 is 1.03 bits per heavy atom. The van der Waals surface area contributed by atoms with E-state index < -0.39 is 57.6 Å². The lowest BCUT2D eigenvalue weighted by atomic mass is 9.86. The van der Waals surface area contributed by atoms with Crippen molar-refractivity contribution in [3.05, 3.63) is 58.1 Å². The molecule has 0 unspecified atom stereocenters. The molecule has 1 aliphatic rings. The molecule has 0 spiro atoms. The Labute approximate surface area is 225 Å². The van der Waals surface area contributed by atoms with Crippen LogP contribution in [0.1, 0.15) is 41.6 Å². The van der Waals surface area contributed by atoms with Crippen LogP contribution in [0.25, 0.3) is 0 Å². The fourth-order valence-electron chi connectivity index (χ4n) is 4.26. The predicted molar refractivity (Wildman–Crippen MR) is 136 cm³/mol. The van der Waals surface area contributed by atoms with Gasteiger partial charge in [0.25, 0.3) is 5.91 Å². The number of halogens is 4. The Kier molecular flexibility index (Phi) is 9.41. The molecule has 14 heteroatoms. The molecule has 0 aliphatic heterocycles. The van der Waals surface area contributed by atoms with Crippen molar-refractivity contribution >= 4 is 49.4 Å². The van der Waals surface area contributed by atoms with Gasteiger partial charge in [0.05, 0.1) is 34.0 Å². The minimum Gasteiger partial charge on any atom is -0.465 e. The molecule has 1 saturated carbocycles. The number of anilines is 1. The summed E-state index contributed by atoms with van der Waals surface area (Å²) < 4.78 is 65.9. The summed E-state index contributed by atoms with van der Waals surface area (Å²) in [7, 11) is -3.63. The first-order valence-corrected chi connectivity index (χ1v) is 14.0. The zero-order chi connectivity index (χ0) is 28.1. The van der Waals surface area contributed by atoms with Crippen molar-refractivity contribution in [2.45, 2.75) is 42.8 Å². The predicted octanol–water partition coefficient (Wildman–Crippen LogP) is 4.44. The van der Waals surface area contributed by atoms with Crippen molar-refractivity contribution in [3.8, 4) is 0 Å². The van der Waals surface area contributed by atoms with E-state index in [9.17, 15) is 36.0 Å². The SMILES string of the molecule is O=C(O)Nc1ccc(C(F)(F)F)cc1C(=O)NCC(=O)N[C@H]1CCCC[C@H]1CS(=O)(=O)c1ccc(Br)cc1. The van der Waals surface area contributed by atoms with E-state index in [1.165, 1.54) is 12.1 Å². The van der Waals surface area contributed by atoms with Gasteiger partial charge in [0, 0.05) is 10.5 Å². The molecule has 0 heterocycles. The van der Waals surface area contributed by atoms with Crippen LogP contribution in [0.2, 0.25) is 0 Å². The van der Waals surface area contributed by atoms with Gasteiger partial charge in [-0.15, -0.1) is 0 Å². The van der Waals surface area contributed by atoms with Gasteiger partial charge in [-0.05, 0) is 61.2 Å². The molecule has 2 aromatic carbocycles. The summed E-state index contributed by atoms with van der Waals surface area (Å²) in [6.45, 7) is -0.607. The summed E-state index contributed by atoms with van der Waals surface area (Å²) >= 11 is 3.26. The molecular weight excluding hydrogens is 595 g/mol. The summed E-state index contributed by atoms with van der Waals surface area (Å²) in [5.74, 6) is -2.30. The number of benzene rings is 2. The molecule has 38 heavy (non-hydrogen) atoms. The molecule has 9 nitrogen and oxygen atoms in total. The van der Waals surface area contributed by atoms with Crippen molar-refractivity contribution in [3.63, 3.8) is 0 Å². The highest BCUT2D eigenvalue weighted by molar-refractivity contribution is 9.10. The molecule has 2 aromatic rings. The summed E-state index contributed by atoms with van der Waals surface area (Å²) in [6, 6.07) is 7.68. The van der Waals surface area contributed by atoms with Crippen LogP contribution in [0.4, 0.5) is 23.7 Å². The van der Waals surface area contributed by atoms with Crippen LogP contribution in [-0.2, 0) is 20.8 Å². The smallest absolute Gasteiger partial charge is 0.416 e. The highest BCUT2D eigenvalue weighted by atomic mass is 79.9. The topological polar surface area (TPSA) is 142 Å². The molecule has 206 valence electrons. The number of amides is 3. The minimum atomic E-state index is -4.78. The second-order valence-corrected chi connectivity index (χ2v) is 11.8. The van der Waals surface area contributed by atoms with Gasteiger partial charge in [-0.2, -0.15) is 13.2 Å². The quantitative estimate of drug-likeness (QED) is 0.344. The Morgan fingerprint density at radius 3 is 2.32 bits per heavy atom. The number of hydrogen-bond donors (Lipinski definition) is 4. The maximum Gasteiger partial charge on any atom is 0.416 e. The van der Waals surface area contributed by atoms with Crippen molar-refractivity contribution < 1.29 is 41.1 Å². The van der Waals surface area contributed by atoms with Crippen molar-refractivity contribution in [1.82, 2.24) is 10.6 Å². The number of carboxylic acid groups (broad SMARTS) is 1. The first kappa shape index (κ1) is 29.4. The van der Waals surface area contributed by atoms with Crippen LogP contribution in [0, 0.1) is 5.92 Å². The summed E-state index contributed by atoms with van der Waals surface area (Å²) in [4.78, 5) is 36.3. The van der Waals surface area contributed by atoms with Gasteiger partial charge < -0.3 is 15.7 Å². The van der Waals surface area contributed by atoms with E-state index in [4.69, 9.17) is 5.11 Å². The minimum absolute atomic E-state index is 0.162. The van der Waals surface area contributed by atoms with Gasteiger partial charge in [-0.1, -0.05) is 28.8 Å². The summed E-state index contributed by atoms with van der Waals surface area (Å²) in [5, 5.41) is 15.7. The Balaban J connectivity index is 1.66. The van der Waals surface area contributed by atoms with Crippen molar-refractivity contribution in [1.29, 1.82) is 0 Å². The second kappa shape index (κ2) is 12.2. The lowest BCUT2D eigenvalue weighted by molar-refractivity contribution is -0.137. The van der Waals surface area contributed by atoms with E-state index in [1.807, 2.05) is 5.32 Å². The van der Waals surface area contributed by atoms with E-state index in [0.29, 0.717) is 25.0 Å². The van der Waals surface area contributed by atoms with Crippen LogP contribution in [-0.4, -0.2) is 49.8 Å². The molecule has 0 saturated heterocycles. The normalized spacial score (nSPS) is 17.9. The third kappa shape index (κ3) is 7.93. The average Bonchev–Trinajstić information content (AvgIpc) is 2.83. The number of carbonyl (C=O) groups excluding carboxylic acids is 2. The van der Waals surface area contributed by atoms with Crippen LogP contribution >= 0.6 is 15.9 Å². The van der Waals surface area contributed by atoms with Crippen molar-refractivity contribution in [2.24, 2.45) is 5.92 Å². The molecule has 1 aliphatic carbocycles. The molecule has 3 amide bonds. The first-order valence-electron chi connectivity index (χ1n) is 11.5. The Hall–Kier alpha value is -3.13. The summed E-state index contributed by atoms with van der Waals surface area (Å²) in [5.41, 5.74) is -2.15. The molecule has 2 atom stereocenters. The fraction of sp³-hybridized carbons (Fsp3) is 0.375. The van der Waals surface area contributed by atoms with Crippen LogP contribution in [0.5, 0.6) is 0 Å². The highest BCUT2D eigenvalue weighted by Crippen LogP contribution is 2.32. The number of hydrogen-bond acceptors (Lipinski definition) is 5. The van der Waals surface area contributed by atoms with Crippen LogP contribution in [0.3, 0.4) is 0 Å². The maximum absolute atomic E-state index is 13.1. The number of rotatable bonds is 8. The van der Waals surface area contributed by atoms with Crippen LogP contribution < -0.4 is 16.0 Å². The third-order valence-corrected chi connectivity index (χ3v) is 8.49. The monoisotopic (exact) mass is 619 g/mol. The van der Waals surface area contributed by atoms with E-state index in [2.05, 4.69) is 26.6 Å². The van der Waals surface area contributed by atoms with Gasteiger partial charge in [0.1, 0.15) is 0 Å². The second-order valence-electron chi connectivity index (χ2n) is 8.82. The molecule has 1 fully saturated rings. The molecule has 0 aromatic heterocycles. The van der Waals surface area contributed by atoms with Gasteiger partial charge in [-0.25, -0.2) is 13.2 Å². The first-order chi connectivity index (χ1) is 17.8. The molecule has 3 rings (SSSR count). The fourth-order valence-corrected chi connectivity index (χ4v) is 6.23. The zero-order valence-corrected chi connectivity index (χ0v) is 22.2. The number of sulfone groups is 1. The molecule has 0 bridgehead atoms. The van der Waals surface area contributed by atoms with Crippen molar-refractivity contribution in [2.75, 3.05) is 17.6 Å². The highest BCUT2D eigenvalue weighted by Gasteiger charge is 2.33. The summed E-state index contributed by atoms with van der Waals surface area (Å²) in [6.07, 6.45) is -3.71. The molecule has 4 N–H and O–H groups in total.